The number of hydrogen-bond donors (Lipinski definition) is 1. The fourth-order valence-corrected chi connectivity index (χ4v) is 2.92. The normalized spacial score (nSPS) is 11.0. The van der Waals surface area contributed by atoms with Gasteiger partial charge in [0, 0.05) is 0 Å². The highest BCUT2D eigenvalue weighted by Gasteiger charge is 2.10. The molecule has 0 aliphatic carbocycles. The molecule has 5 nitrogen and oxygen atoms in total. The van der Waals surface area contributed by atoms with Crippen LogP contribution >= 0.6 is 15.9 Å². The van der Waals surface area contributed by atoms with Crippen LogP contribution in [0.2, 0.25) is 0 Å². The monoisotopic (exact) mass is 418 g/mol. The van der Waals surface area contributed by atoms with Crippen LogP contribution in [0.5, 0.6) is 11.5 Å². The van der Waals surface area contributed by atoms with Gasteiger partial charge in [-0.15, -0.1) is 0 Å². The van der Waals surface area contributed by atoms with E-state index in [2.05, 4.69) is 40.3 Å². The molecule has 0 heterocycles. The summed E-state index contributed by atoms with van der Waals surface area (Å²) in [5, 5.41) is 3.96. The molecular formula is C20H23BrN2O3. The van der Waals surface area contributed by atoms with Gasteiger partial charge in [-0.2, -0.15) is 5.10 Å². The Bertz CT molecular complexity index is 804. The van der Waals surface area contributed by atoms with E-state index < -0.39 is 0 Å². The van der Waals surface area contributed by atoms with Gasteiger partial charge in [-0.3, -0.25) is 4.79 Å². The number of benzene rings is 2. The fourth-order valence-electron chi connectivity index (χ4n) is 2.36. The summed E-state index contributed by atoms with van der Waals surface area (Å²) in [5.74, 6) is 1.47. The summed E-state index contributed by atoms with van der Waals surface area (Å²) in [6, 6.07) is 11.5. The highest BCUT2D eigenvalue weighted by molar-refractivity contribution is 9.10. The summed E-state index contributed by atoms with van der Waals surface area (Å²) in [5.41, 5.74) is 5.47. The minimum atomic E-state index is -0.315. The first-order chi connectivity index (χ1) is 12.4. The quantitative estimate of drug-likeness (QED) is 0.534. The molecule has 2 rings (SSSR count). The molecule has 0 bridgehead atoms. The number of hydrogen-bond acceptors (Lipinski definition) is 4. The van der Waals surface area contributed by atoms with E-state index >= 15 is 0 Å². The Labute approximate surface area is 162 Å². The van der Waals surface area contributed by atoms with Crippen molar-refractivity contribution in [2.75, 3.05) is 13.7 Å². The molecule has 6 heteroatoms. The second kappa shape index (κ2) is 9.38. The topological polar surface area (TPSA) is 59.9 Å². The van der Waals surface area contributed by atoms with E-state index in [1.165, 1.54) is 0 Å². The van der Waals surface area contributed by atoms with E-state index in [-0.39, 0.29) is 12.5 Å². The predicted octanol–water partition coefficient (Wildman–Crippen LogP) is 4.42. The highest BCUT2D eigenvalue weighted by Crippen LogP contribution is 2.27. The number of methoxy groups -OCH3 is 1. The third-order valence-corrected chi connectivity index (χ3v) is 4.35. The summed E-state index contributed by atoms with van der Waals surface area (Å²) < 4.78 is 11.7. The van der Waals surface area contributed by atoms with Crippen molar-refractivity contribution < 1.29 is 14.3 Å². The van der Waals surface area contributed by atoms with Crippen LogP contribution in [0.4, 0.5) is 0 Å². The van der Waals surface area contributed by atoms with Crippen LogP contribution in [0, 0.1) is 6.92 Å². The van der Waals surface area contributed by atoms with Crippen LogP contribution in [0.1, 0.15) is 36.5 Å². The lowest BCUT2D eigenvalue weighted by Crippen LogP contribution is -2.25. The number of amides is 1. The summed E-state index contributed by atoms with van der Waals surface area (Å²) in [6.45, 7) is 6.09. The van der Waals surface area contributed by atoms with E-state index in [0.717, 1.165) is 32.7 Å². The zero-order valence-electron chi connectivity index (χ0n) is 15.4. The largest absolute Gasteiger partial charge is 0.496 e. The van der Waals surface area contributed by atoms with Crippen LogP contribution in [0.15, 0.2) is 46.0 Å². The van der Waals surface area contributed by atoms with Gasteiger partial charge in [-0.1, -0.05) is 26.0 Å². The van der Waals surface area contributed by atoms with Crippen LogP contribution in [-0.2, 0) is 4.79 Å². The van der Waals surface area contributed by atoms with Crippen LogP contribution in [0.25, 0.3) is 0 Å². The second-order valence-electron chi connectivity index (χ2n) is 6.17. The van der Waals surface area contributed by atoms with Crippen LogP contribution < -0.4 is 14.9 Å². The highest BCUT2D eigenvalue weighted by atomic mass is 79.9. The Morgan fingerprint density at radius 3 is 2.65 bits per heavy atom. The number of carbonyl (C=O) groups excluding carboxylic acids is 1. The Hall–Kier alpha value is -2.34. The SMILES string of the molecule is COc1ccc(/C=N\NC(=O)COc2cc(C)ccc2C(C)C)cc1Br. The lowest BCUT2D eigenvalue weighted by Gasteiger charge is -2.14. The molecule has 138 valence electrons. The zero-order valence-corrected chi connectivity index (χ0v) is 17.0. The summed E-state index contributed by atoms with van der Waals surface area (Å²) in [6.07, 6.45) is 1.56. The first kappa shape index (κ1) is 20.0. The molecule has 0 saturated heterocycles. The number of ether oxygens (including phenoxy) is 2. The number of rotatable bonds is 7. The zero-order chi connectivity index (χ0) is 19.1. The molecule has 0 unspecified atom stereocenters. The summed E-state index contributed by atoms with van der Waals surface area (Å²) >= 11 is 3.41. The molecule has 0 aliphatic heterocycles. The Morgan fingerprint density at radius 2 is 2.00 bits per heavy atom. The van der Waals surface area contributed by atoms with Gasteiger partial charge in [0.15, 0.2) is 6.61 Å². The minimum absolute atomic E-state index is 0.0905. The molecule has 0 fully saturated rings. The molecule has 2 aromatic rings. The maximum absolute atomic E-state index is 12.0. The Balaban J connectivity index is 1.91. The van der Waals surface area contributed by atoms with Gasteiger partial charge in [0.1, 0.15) is 11.5 Å². The number of aryl methyl sites for hydroxylation is 1. The van der Waals surface area contributed by atoms with Crippen molar-refractivity contribution in [3.05, 3.63) is 57.6 Å². The van der Waals surface area contributed by atoms with Crippen molar-refractivity contribution in [3.63, 3.8) is 0 Å². The van der Waals surface area contributed by atoms with Gasteiger partial charge in [0.2, 0.25) is 0 Å². The van der Waals surface area contributed by atoms with E-state index in [4.69, 9.17) is 9.47 Å². The second-order valence-corrected chi connectivity index (χ2v) is 7.03. The summed E-state index contributed by atoms with van der Waals surface area (Å²) in [7, 11) is 1.60. The number of carbonyl (C=O) groups is 1. The minimum Gasteiger partial charge on any atom is -0.496 e. The van der Waals surface area contributed by atoms with Gasteiger partial charge in [0.05, 0.1) is 17.8 Å². The number of nitrogens with one attached hydrogen (secondary N) is 1. The average Bonchev–Trinajstić information content (AvgIpc) is 2.60. The standard InChI is InChI=1S/C20H23BrN2O3/c1-13(2)16-7-5-14(3)9-19(16)26-12-20(24)23-22-11-15-6-8-18(25-4)17(21)10-15/h5-11,13H,12H2,1-4H3,(H,23,24)/b22-11-. The molecule has 1 N–H and O–H groups in total. The van der Waals surface area contributed by atoms with Crippen LogP contribution in [-0.4, -0.2) is 25.8 Å². The average molecular weight is 419 g/mol. The molecule has 0 radical (unpaired) electrons. The number of halogens is 1. The molecule has 0 aromatic heterocycles. The predicted molar refractivity (Wildman–Crippen MR) is 107 cm³/mol. The third kappa shape index (κ3) is 5.59. The lowest BCUT2D eigenvalue weighted by atomic mass is 10.0. The maximum atomic E-state index is 12.0. The van der Waals surface area contributed by atoms with E-state index in [0.29, 0.717) is 5.92 Å². The van der Waals surface area contributed by atoms with Gasteiger partial charge >= 0.3 is 0 Å². The lowest BCUT2D eigenvalue weighted by molar-refractivity contribution is -0.123. The van der Waals surface area contributed by atoms with Crippen molar-refractivity contribution in [3.8, 4) is 11.5 Å². The van der Waals surface area contributed by atoms with Crippen molar-refractivity contribution >= 4 is 28.1 Å². The van der Waals surface area contributed by atoms with Crippen LogP contribution in [0.3, 0.4) is 0 Å². The first-order valence-electron chi connectivity index (χ1n) is 8.29. The van der Waals surface area contributed by atoms with Gasteiger partial charge < -0.3 is 9.47 Å². The molecule has 26 heavy (non-hydrogen) atoms. The first-order valence-corrected chi connectivity index (χ1v) is 9.08. The molecule has 0 saturated carbocycles. The fraction of sp³-hybridized carbons (Fsp3) is 0.300. The molecular weight excluding hydrogens is 396 g/mol. The molecule has 2 aromatic carbocycles. The van der Waals surface area contributed by atoms with Gasteiger partial charge in [-0.25, -0.2) is 5.43 Å². The molecule has 1 amide bonds. The van der Waals surface area contributed by atoms with Gasteiger partial charge in [0.25, 0.3) is 5.91 Å². The van der Waals surface area contributed by atoms with Crippen molar-refractivity contribution in [2.24, 2.45) is 5.10 Å². The number of nitrogens with zero attached hydrogens (tertiary/aromatic N) is 1. The molecule has 0 aliphatic rings. The third-order valence-electron chi connectivity index (χ3n) is 3.73. The van der Waals surface area contributed by atoms with Gasteiger partial charge in [-0.05, 0) is 69.7 Å². The summed E-state index contributed by atoms with van der Waals surface area (Å²) in [4.78, 5) is 12.0. The molecule has 0 spiro atoms. The van der Waals surface area contributed by atoms with E-state index in [1.54, 1.807) is 13.3 Å². The van der Waals surface area contributed by atoms with Crippen molar-refractivity contribution in [1.29, 1.82) is 0 Å². The van der Waals surface area contributed by atoms with Crippen molar-refractivity contribution in [2.45, 2.75) is 26.7 Å². The molecule has 0 atom stereocenters. The Morgan fingerprint density at radius 1 is 1.23 bits per heavy atom. The van der Waals surface area contributed by atoms with E-state index in [1.807, 2.05) is 43.3 Å². The Kier molecular flexibility index (Phi) is 7.21. The number of hydrazone groups is 1. The van der Waals surface area contributed by atoms with E-state index in [9.17, 15) is 4.79 Å². The van der Waals surface area contributed by atoms with Crippen molar-refractivity contribution in [1.82, 2.24) is 5.43 Å². The maximum Gasteiger partial charge on any atom is 0.277 e. The smallest absolute Gasteiger partial charge is 0.277 e.